The average Bonchev–Trinajstić information content (AvgIpc) is 3.07. The Morgan fingerprint density at radius 3 is 2.50 bits per heavy atom. The average molecular weight is 427 g/mol. The first-order valence-electron chi connectivity index (χ1n) is 9.96. The maximum absolute atomic E-state index is 6.19. The SMILES string of the molecule is CCNC(=NCc1ccccc1COc1ccccc1Cl)NCc1nc(C)c(C)o1. The van der Waals surface area contributed by atoms with Gasteiger partial charge in [-0.2, -0.15) is 0 Å². The van der Waals surface area contributed by atoms with Crippen LogP contribution >= 0.6 is 11.6 Å². The van der Waals surface area contributed by atoms with Crippen molar-refractivity contribution in [1.29, 1.82) is 0 Å². The van der Waals surface area contributed by atoms with E-state index in [1.165, 1.54) is 0 Å². The summed E-state index contributed by atoms with van der Waals surface area (Å²) < 4.78 is 11.5. The predicted molar refractivity (Wildman–Crippen MR) is 120 cm³/mol. The second kappa shape index (κ2) is 10.7. The molecule has 158 valence electrons. The zero-order chi connectivity index (χ0) is 21.3. The lowest BCUT2D eigenvalue weighted by molar-refractivity contribution is 0.305. The number of aliphatic imine (C=N–C) groups is 1. The molecule has 0 fully saturated rings. The molecule has 0 aliphatic rings. The maximum atomic E-state index is 6.19. The van der Waals surface area contributed by atoms with E-state index in [-0.39, 0.29) is 0 Å². The number of benzene rings is 2. The van der Waals surface area contributed by atoms with Crippen molar-refractivity contribution in [2.24, 2.45) is 4.99 Å². The normalized spacial score (nSPS) is 11.4. The Morgan fingerprint density at radius 2 is 1.80 bits per heavy atom. The molecule has 0 atom stereocenters. The number of halogens is 1. The highest BCUT2D eigenvalue weighted by Crippen LogP contribution is 2.24. The van der Waals surface area contributed by atoms with Crippen LogP contribution in [0.25, 0.3) is 0 Å². The summed E-state index contributed by atoms with van der Waals surface area (Å²) in [5.74, 6) is 2.85. The lowest BCUT2D eigenvalue weighted by Gasteiger charge is -2.13. The number of hydrogen-bond donors (Lipinski definition) is 2. The molecular weight excluding hydrogens is 400 g/mol. The molecule has 0 aliphatic carbocycles. The molecule has 30 heavy (non-hydrogen) atoms. The first kappa shape index (κ1) is 21.7. The number of oxazole rings is 1. The summed E-state index contributed by atoms with van der Waals surface area (Å²) in [5.41, 5.74) is 3.06. The minimum atomic E-state index is 0.425. The summed E-state index contributed by atoms with van der Waals surface area (Å²) in [5, 5.41) is 7.12. The third-order valence-electron chi connectivity index (χ3n) is 4.57. The van der Waals surface area contributed by atoms with E-state index >= 15 is 0 Å². The van der Waals surface area contributed by atoms with Gasteiger partial charge in [0.05, 0.1) is 23.8 Å². The Kier molecular flexibility index (Phi) is 7.74. The molecule has 3 rings (SSSR count). The topological polar surface area (TPSA) is 71.7 Å². The van der Waals surface area contributed by atoms with Crippen LogP contribution in [0.5, 0.6) is 5.75 Å². The first-order valence-corrected chi connectivity index (χ1v) is 10.3. The molecule has 2 N–H and O–H groups in total. The zero-order valence-electron chi connectivity index (χ0n) is 17.5. The Hall–Kier alpha value is -2.99. The third kappa shape index (κ3) is 6.00. The highest BCUT2D eigenvalue weighted by Gasteiger charge is 2.08. The molecule has 0 bridgehead atoms. The second-order valence-electron chi connectivity index (χ2n) is 6.79. The monoisotopic (exact) mass is 426 g/mol. The van der Waals surface area contributed by atoms with Crippen LogP contribution in [0.15, 0.2) is 57.9 Å². The van der Waals surface area contributed by atoms with E-state index in [2.05, 4.69) is 21.7 Å². The summed E-state index contributed by atoms with van der Waals surface area (Å²) in [4.78, 5) is 9.10. The molecule has 1 aromatic heterocycles. The minimum absolute atomic E-state index is 0.425. The molecule has 0 aliphatic heterocycles. The molecule has 0 saturated carbocycles. The van der Waals surface area contributed by atoms with Crippen molar-refractivity contribution in [2.75, 3.05) is 6.54 Å². The molecule has 0 saturated heterocycles. The van der Waals surface area contributed by atoms with E-state index in [1.807, 2.05) is 63.2 Å². The summed E-state index contributed by atoms with van der Waals surface area (Å²) in [6.45, 7) is 8.04. The Labute approximate surface area is 182 Å². The van der Waals surface area contributed by atoms with Gasteiger partial charge in [0, 0.05) is 6.54 Å². The van der Waals surface area contributed by atoms with Crippen LogP contribution in [0, 0.1) is 13.8 Å². The highest BCUT2D eigenvalue weighted by molar-refractivity contribution is 6.32. The van der Waals surface area contributed by atoms with Crippen molar-refractivity contribution < 1.29 is 9.15 Å². The summed E-state index contributed by atoms with van der Waals surface area (Å²) >= 11 is 6.19. The summed E-state index contributed by atoms with van der Waals surface area (Å²) in [6.07, 6.45) is 0. The molecule has 0 spiro atoms. The zero-order valence-corrected chi connectivity index (χ0v) is 18.3. The van der Waals surface area contributed by atoms with Crippen LogP contribution in [-0.2, 0) is 19.7 Å². The van der Waals surface area contributed by atoms with Gasteiger partial charge in [0.25, 0.3) is 0 Å². The maximum Gasteiger partial charge on any atom is 0.214 e. The van der Waals surface area contributed by atoms with Crippen molar-refractivity contribution in [3.8, 4) is 5.75 Å². The van der Waals surface area contributed by atoms with Crippen LogP contribution in [0.4, 0.5) is 0 Å². The lowest BCUT2D eigenvalue weighted by atomic mass is 10.1. The van der Waals surface area contributed by atoms with Gasteiger partial charge in [-0.1, -0.05) is 48.0 Å². The van der Waals surface area contributed by atoms with Gasteiger partial charge < -0.3 is 19.8 Å². The number of nitrogens with zero attached hydrogens (tertiary/aromatic N) is 2. The van der Waals surface area contributed by atoms with Gasteiger partial charge in [-0.05, 0) is 44.0 Å². The molecule has 2 aromatic carbocycles. The van der Waals surface area contributed by atoms with Gasteiger partial charge in [0.15, 0.2) is 5.96 Å². The van der Waals surface area contributed by atoms with E-state index in [1.54, 1.807) is 0 Å². The van der Waals surface area contributed by atoms with Gasteiger partial charge in [-0.3, -0.25) is 0 Å². The van der Waals surface area contributed by atoms with E-state index in [9.17, 15) is 0 Å². The smallest absolute Gasteiger partial charge is 0.214 e. The number of ether oxygens (including phenoxy) is 1. The van der Waals surface area contributed by atoms with Crippen LogP contribution in [0.1, 0.15) is 35.4 Å². The van der Waals surface area contributed by atoms with Crippen LogP contribution in [0.2, 0.25) is 5.02 Å². The molecule has 0 radical (unpaired) electrons. The molecular formula is C23H27ClN4O2. The molecule has 6 nitrogen and oxygen atoms in total. The van der Waals surface area contributed by atoms with E-state index in [0.717, 1.165) is 29.1 Å². The fourth-order valence-electron chi connectivity index (χ4n) is 2.85. The summed E-state index contributed by atoms with van der Waals surface area (Å²) in [6, 6.07) is 15.6. The van der Waals surface area contributed by atoms with Crippen LogP contribution in [-0.4, -0.2) is 17.5 Å². The van der Waals surface area contributed by atoms with Crippen molar-refractivity contribution in [3.63, 3.8) is 0 Å². The Balaban J connectivity index is 1.65. The van der Waals surface area contributed by atoms with Gasteiger partial charge in [-0.25, -0.2) is 9.98 Å². The van der Waals surface area contributed by atoms with Crippen molar-refractivity contribution in [2.45, 2.75) is 40.5 Å². The number of aromatic nitrogens is 1. The molecule has 7 heteroatoms. The van der Waals surface area contributed by atoms with Crippen molar-refractivity contribution in [1.82, 2.24) is 15.6 Å². The number of guanidine groups is 1. The largest absolute Gasteiger partial charge is 0.487 e. The highest BCUT2D eigenvalue weighted by atomic mass is 35.5. The summed E-state index contributed by atoms with van der Waals surface area (Å²) in [7, 11) is 0. The first-order chi connectivity index (χ1) is 14.6. The van der Waals surface area contributed by atoms with E-state index in [4.69, 9.17) is 25.7 Å². The minimum Gasteiger partial charge on any atom is -0.487 e. The van der Waals surface area contributed by atoms with Gasteiger partial charge >= 0.3 is 0 Å². The van der Waals surface area contributed by atoms with Crippen LogP contribution < -0.4 is 15.4 Å². The number of para-hydroxylation sites is 1. The van der Waals surface area contributed by atoms with Gasteiger partial charge in [0.1, 0.15) is 18.1 Å². The quantitative estimate of drug-likeness (QED) is 0.400. The standard InChI is InChI=1S/C23H27ClN4O2/c1-4-25-23(27-14-22-28-16(2)17(3)30-22)26-13-18-9-5-6-10-19(18)15-29-21-12-8-7-11-20(21)24/h5-12H,4,13-15H2,1-3H3,(H2,25,26,27). The Morgan fingerprint density at radius 1 is 1.07 bits per heavy atom. The van der Waals surface area contributed by atoms with Gasteiger partial charge in [-0.15, -0.1) is 0 Å². The van der Waals surface area contributed by atoms with Crippen molar-refractivity contribution >= 4 is 17.6 Å². The second-order valence-corrected chi connectivity index (χ2v) is 7.19. The number of aryl methyl sites for hydroxylation is 2. The number of hydrogen-bond acceptors (Lipinski definition) is 4. The third-order valence-corrected chi connectivity index (χ3v) is 4.88. The van der Waals surface area contributed by atoms with E-state index < -0.39 is 0 Å². The lowest BCUT2D eigenvalue weighted by Crippen LogP contribution is -2.36. The fraction of sp³-hybridized carbons (Fsp3) is 0.304. The molecule has 1 heterocycles. The molecule has 0 unspecified atom stereocenters. The Bertz CT molecular complexity index is 981. The fourth-order valence-corrected chi connectivity index (χ4v) is 3.04. The van der Waals surface area contributed by atoms with Crippen LogP contribution in [0.3, 0.4) is 0 Å². The number of rotatable bonds is 8. The molecule has 3 aromatic rings. The predicted octanol–water partition coefficient (Wildman–Crippen LogP) is 4.78. The molecule has 0 amide bonds. The van der Waals surface area contributed by atoms with Crippen molar-refractivity contribution in [3.05, 3.63) is 82.0 Å². The van der Waals surface area contributed by atoms with E-state index in [0.29, 0.717) is 42.3 Å². The van der Waals surface area contributed by atoms with Gasteiger partial charge in [0.2, 0.25) is 5.89 Å². The number of nitrogens with one attached hydrogen (secondary N) is 2.